The van der Waals surface area contributed by atoms with E-state index in [0.29, 0.717) is 22.8 Å². The predicted octanol–water partition coefficient (Wildman–Crippen LogP) is 4.53. The van der Waals surface area contributed by atoms with E-state index in [1.165, 1.54) is 30.5 Å². The summed E-state index contributed by atoms with van der Waals surface area (Å²) < 4.78 is 26.0. The summed E-state index contributed by atoms with van der Waals surface area (Å²) in [7, 11) is 0. The molecule has 0 bridgehead atoms. The molecular formula is C24H20F2N6O2. The number of pyridine rings is 2. The van der Waals surface area contributed by atoms with Crippen molar-refractivity contribution in [1.29, 1.82) is 0 Å². The highest BCUT2D eigenvalue weighted by atomic mass is 19.1. The van der Waals surface area contributed by atoms with Gasteiger partial charge in [-0.05, 0) is 36.4 Å². The lowest BCUT2D eigenvalue weighted by molar-refractivity contribution is 0.0692. The van der Waals surface area contributed by atoms with E-state index >= 15 is 0 Å². The molecule has 2 aromatic carbocycles. The molecule has 0 amide bonds. The van der Waals surface area contributed by atoms with Gasteiger partial charge in [-0.15, -0.1) is 0 Å². The number of carbonyl (C=O) groups is 1. The molecule has 3 aromatic heterocycles. The van der Waals surface area contributed by atoms with Gasteiger partial charge in [-0.3, -0.25) is 9.97 Å². The van der Waals surface area contributed by atoms with Crippen molar-refractivity contribution in [2.24, 2.45) is 0 Å². The standard InChI is InChI=1S/C12H8FN3.C7H5FO2.C5H7N3/c13-9-4-2-1-3-8(9)12-15-10-5-6-14-7-11(10)16-12;8-6-4-2-1-3-5(6)7(9)10;6-4-1-2-8-3-5(4)7/h1-7H,(H,15,16);1-4H,(H,9,10);1-3H,7H2,(H2,6,8). The molecule has 0 saturated heterocycles. The van der Waals surface area contributed by atoms with Gasteiger partial charge in [0.1, 0.15) is 17.5 Å². The van der Waals surface area contributed by atoms with E-state index in [9.17, 15) is 13.6 Å². The Morgan fingerprint density at radius 1 is 0.824 bits per heavy atom. The maximum Gasteiger partial charge on any atom is 0.338 e. The van der Waals surface area contributed by atoms with Crippen LogP contribution in [0, 0.1) is 11.6 Å². The van der Waals surface area contributed by atoms with Crippen molar-refractivity contribution in [3.8, 4) is 11.4 Å². The number of H-pyrrole nitrogens is 1. The summed E-state index contributed by atoms with van der Waals surface area (Å²) in [6.07, 6.45) is 6.46. The Hall–Kier alpha value is -4.86. The van der Waals surface area contributed by atoms with Gasteiger partial charge < -0.3 is 21.6 Å². The first-order chi connectivity index (χ1) is 16.4. The number of aromatic amines is 1. The Balaban J connectivity index is 0.000000155. The highest BCUT2D eigenvalue weighted by molar-refractivity contribution is 5.87. The van der Waals surface area contributed by atoms with Crippen LogP contribution in [-0.2, 0) is 0 Å². The largest absolute Gasteiger partial charge is 0.478 e. The summed E-state index contributed by atoms with van der Waals surface area (Å²) >= 11 is 0. The average molecular weight is 462 g/mol. The molecule has 172 valence electrons. The minimum absolute atomic E-state index is 0.283. The quantitative estimate of drug-likeness (QED) is 0.302. The van der Waals surface area contributed by atoms with Crippen LogP contribution in [0.15, 0.2) is 85.5 Å². The fourth-order valence-corrected chi connectivity index (χ4v) is 2.69. The molecule has 5 aromatic rings. The fourth-order valence-electron chi connectivity index (χ4n) is 2.69. The highest BCUT2D eigenvalue weighted by Gasteiger charge is 2.09. The normalized spacial score (nSPS) is 9.94. The number of nitrogens with one attached hydrogen (secondary N) is 1. The van der Waals surface area contributed by atoms with Gasteiger partial charge in [0.15, 0.2) is 0 Å². The summed E-state index contributed by atoms with van der Waals surface area (Å²) in [5.74, 6) is -1.69. The Labute approximate surface area is 192 Å². The number of aromatic nitrogens is 4. The molecule has 6 N–H and O–H groups in total. The third-order valence-corrected chi connectivity index (χ3v) is 4.40. The van der Waals surface area contributed by atoms with Gasteiger partial charge in [-0.2, -0.15) is 0 Å². The van der Waals surface area contributed by atoms with Gasteiger partial charge >= 0.3 is 5.97 Å². The number of nitrogen functional groups attached to an aromatic ring is 2. The van der Waals surface area contributed by atoms with Crippen LogP contribution in [-0.4, -0.2) is 31.0 Å². The van der Waals surface area contributed by atoms with Crippen LogP contribution in [0.2, 0.25) is 0 Å². The fraction of sp³-hybridized carbons (Fsp3) is 0. The number of rotatable bonds is 2. The molecule has 0 fully saturated rings. The van der Waals surface area contributed by atoms with Gasteiger partial charge in [-0.1, -0.05) is 24.3 Å². The van der Waals surface area contributed by atoms with Crippen molar-refractivity contribution in [3.63, 3.8) is 0 Å². The number of hydrogen-bond acceptors (Lipinski definition) is 6. The summed E-state index contributed by atoms with van der Waals surface area (Å²) in [6.45, 7) is 0. The van der Waals surface area contributed by atoms with Crippen LogP contribution < -0.4 is 11.5 Å². The van der Waals surface area contributed by atoms with Crippen molar-refractivity contribution in [2.75, 3.05) is 11.5 Å². The number of nitrogens with two attached hydrogens (primary N) is 2. The molecule has 5 rings (SSSR count). The van der Waals surface area contributed by atoms with E-state index in [0.717, 1.165) is 17.1 Å². The third-order valence-electron chi connectivity index (χ3n) is 4.40. The number of anilines is 2. The molecule has 0 atom stereocenters. The van der Waals surface area contributed by atoms with Crippen LogP contribution >= 0.6 is 0 Å². The number of fused-ring (bicyclic) bond motifs is 1. The highest BCUT2D eigenvalue weighted by Crippen LogP contribution is 2.22. The van der Waals surface area contributed by atoms with Crippen molar-refractivity contribution >= 4 is 28.4 Å². The van der Waals surface area contributed by atoms with Crippen LogP contribution in [0.25, 0.3) is 22.4 Å². The van der Waals surface area contributed by atoms with Gasteiger partial charge in [0.2, 0.25) is 0 Å². The minimum Gasteiger partial charge on any atom is -0.478 e. The van der Waals surface area contributed by atoms with Gasteiger partial charge in [0.05, 0.1) is 45.9 Å². The monoisotopic (exact) mass is 462 g/mol. The number of carboxylic acid groups (broad SMARTS) is 1. The minimum atomic E-state index is -1.24. The van der Waals surface area contributed by atoms with Crippen LogP contribution in [0.4, 0.5) is 20.2 Å². The van der Waals surface area contributed by atoms with Gasteiger partial charge in [0.25, 0.3) is 0 Å². The lowest BCUT2D eigenvalue weighted by atomic mass is 10.2. The number of benzene rings is 2. The zero-order valence-corrected chi connectivity index (χ0v) is 17.7. The Morgan fingerprint density at radius 3 is 2.03 bits per heavy atom. The number of carboxylic acids is 1. The Kier molecular flexibility index (Phi) is 7.79. The van der Waals surface area contributed by atoms with Gasteiger partial charge in [-0.25, -0.2) is 18.6 Å². The first-order valence-electron chi connectivity index (χ1n) is 9.84. The lowest BCUT2D eigenvalue weighted by Crippen LogP contribution is -1.98. The molecule has 8 nitrogen and oxygen atoms in total. The SMILES string of the molecule is Fc1ccccc1-c1nc2ccncc2[nH]1.Nc1ccncc1N.O=C(O)c1ccccc1F. The van der Waals surface area contributed by atoms with Crippen molar-refractivity contribution in [3.05, 3.63) is 103 Å². The predicted molar refractivity (Wildman–Crippen MR) is 126 cm³/mol. The molecule has 0 saturated carbocycles. The molecule has 10 heteroatoms. The lowest BCUT2D eigenvalue weighted by Gasteiger charge is -1.96. The van der Waals surface area contributed by atoms with E-state index in [1.54, 1.807) is 48.9 Å². The van der Waals surface area contributed by atoms with Crippen molar-refractivity contribution in [1.82, 2.24) is 19.9 Å². The van der Waals surface area contributed by atoms with Crippen molar-refractivity contribution in [2.45, 2.75) is 0 Å². The second-order valence-electron chi connectivity index (χ2n) is 6.75. The van der Waals surface area contributed by atoms with E-state index < -0.39 is 11.8 Å². The molecule has 0 radical (unpaired) electrons. The van der Waals surface area contributed by atoms with Crippen LogP contribution in [0.5, 0.6) is 0 Å². The molecule has 0 spiro atoms. The molecule has 0 aliphatic carbocycles. The zero-order valence-electron chi connectivity index (χ0n) is 17.7. The molecule has 0 aliphatic heterocycles. The summed E-state index contributed by atoms with van der Waals surface area (Å²) in [5, 5.41) is 8.33. The molecule has 3 heterocycles. The number of nitrogens with zero attached hydrogens (tertiary/aromatic N) is 3. The second kappa shape index (κ2) is 11.1. The van der Waals surface area contributed by atoms with E-state index in [4.69, 9.17) is 16.6 Å². The Morgan fingerprint density at radius 2 is 1.47 bits per heavy atom. The topological polar surface area (TPSA) is 144 Å². The third kappa shape index (κ3) is 6.10. The smallest absolute Gasteiger partial charge is 0.338 e. The molecular weight excluding hydrogens is 442 g/mol. The summed E-state index contributed by atoms with van der Waals surface area (Å²) in [6, 6.07) is 15.3. The summed E-state index contributed by atoms with van der Waals surface area (Å²) in [5.41, 5.74) is 13.6. The number of imidazole rings is 1. The molecule has 34 heavy (non-hydrogen) atoms. The molecule has 0 unspecified atom stereocenters. The van der Waals surface area contributed by atoms with Crippen LogP contribution in [0.3, 0.4) is 0 Å². The van der Waals surface area contributed by atoms with E-state index in [1.807, 2.05) is 0 Å². The maximum absolute atomic E-state index is 13.5. The number of halogens is 2. The first-order valence-corrected chi connectivity index (χ1v) is 9.84. The second-order valence-corrected chi connectivity index (χ2v) is 6.75. The molecule has 0 aliphatic rings. The van der Waals surface area contributed by atoms with Gasteiger partial charge in [0, 0.05) is 12.4 Å². The van der Waals surface area contributed by atoms with E-state index in [2.05, 4.69) is 19.9 Å². The van der Waals surface area contributed by atoms with Crippen molar-refractivity contribution < 1.29 is 18.7 Å². The average Bonchev–Trinajstić information content (AvgIpc) is 3.26. The number of aromatic carboxylic acids is 1. The zero-order chi connectivity index (χ0) is 24.5. The van der Waals surface area contributed by atoms with E-state index in [-0.39, 0.29) is 11.4 Å². The van der Waals surface area contributed by atoms with Crippen LogP contribution in [0.1, 0.15) is 10.4 Å². The summed E-state index contributed by atoms with van der Waals surface area (Å²) in [4.78, 5) is 25.2. The number of hydrogen-bond donors (Lipinski definition) is 4. The Bertz CT molecular complexity index is 1350. The first kappa shape index (κ1) is 23.8. The maximum atomic E-state index is 13.5.